The van der Waals surface area contributed by atoms with Crippen LogP contribution in [0, 0.1) is 18.7 Å². The van der Waals surface area contributed by atoms with E-state index in [1.165, 1.54) is 12.1 Å². The number of hydrogen-bond acceptors (Lipinski definition) is 2. The quantitative estimate of drug-likeness (QED) is 0.915. The number of aryl methyl sites for hydroxylation is 1. The summed E-state index contributed by atoms with van der Waals surface area (Å²) >= 11 is 0. The fraction of sp³-hybridized carbons (Fsp3) is 0.333. The van der Waals surface area contributed by atoms with Crippen molar-refractivity contribution >= 4 is 5.97 Å². The smallest absolute Gasteiger partial charge is 0.306 e. The summed E-state index contributed by atoms with van der Waals surface area (Å²) < 4.78 is 14.8. The fourth-order valence-electron chi connectivity index (χ4n) is 2.80. The highest BCUT2D eigenvalue weighted by molar-refractivity contribution is 5.71. The van der Waals surface area contributed by atoms with Crippen LogP contribution in [0.25, 0.3) is 5.69 Å². The molecule has 5 heteroatoms. The minimum atomic E-state index is -0.746. The lowest BCUT2D eigenvalue weighted by atomic mass is 9.86. The van der Waals surface area contributed by atoms with Crippen LogP contribution < -0.4 is 0 Å². The minimum absolute atomic E-state index is 0.280. The van der Waals surface area contributed by atoms with E-state index in [4.69, 9.17) is 5.11 Å². The van der Waals surface area contributed by atoms with Crippen molar-refractivity contribution in [1.29, 1.82) is 0 Å². The van der Waals surface area contributed by atoms with Crippen LogP contribution in [0.15, 0.2) is 24.3 Å². The summed E-state index contributed by atoms with van der Waals surface area (Å²) in [6, 6.07) is 6.18. The Morgan fingerprint density at radius 3 is 2.75 bits per heavy atom. The van der Waals surface area contributed by atoms with Crippen LogP contribution in [-0.2, 0) is 17.6 Å². The molecule has 1 aliphatic rings. The van der Waals surface area contributed by atoms with Crippen molar-refractivity contribution in [2.45, 2.75) is 26.2 Å². The van der Waals surface area contributed by atoms with Crippen LogP contribution in [0.5, 0.6) is 0 Å². The van der Waals surface area contributed by atoms with Crippen LogP contribution in [0.3, 0.4) is 0 Å². The molecule has 20 heavy (non-hydrogen) atoms. The average Bonchev–Trinajstić information content (AvgIpc) is 2.76. The van der Waals surface area contributed by atoms with Crippen LogP contribution in [0.4, 0.5) is 4.39 Å². The number of carboxylic acid groups (broad SMARTS) is 1. The Morgan fingerprint density at radius 2 is 2.10 bits per heavy atom. The van der Waals surface area contributed by atoms with Crippen molar-refractivity contribution in [3.05, 3.63) is 47.0 Å². The number of benzene rings is 1. The third-order valence-electron chi connectivity index (χ3n) is 3.89. The Bertz CT molecular complexity index is 661. The van der Waals surface area contributed by atoms with Crippen LogP contribution in [-0.4, -0.2) is 20.9 Å². The maximum Gasteiger partial charge on any atom is 0.306 e. The summed E-state index contributed by atoms with van der Waals surface area (Å²) in [4.78, 5) is 11.1. The Balaban J connectivity index is 2.02. The first-order valence-corrected chi connectivity index (χ1v) is 6.62. The molecule has 3 rings (SSSR count). The monoisotopic (exact) mass is 274 g/mol. The molecule has 0 radical (unpaired) electrons. The number of rotatable bonds is 2. The first-order valence-electron chi connectivity index (χ1n) is 6.62. The lowest BCUT2D eigenvalue weighted by Gasteiger charge is -2.20. The molecule has 1 unspecified atom stereocenters. The molecule has 0 amide bonds. The Labute approximate surface area is 115 Å². The molecule has 4 nitrogen and oxygen atoms in total. The van der Waals surface area contributed by atoms with E-state index in [1.54, 1.807) is 12.1 Å². The van der Waals surface area contributed by atoms with E-state index in [9.17, 15) is 9.18 Å². The number of halogens is 1. The number of hydrogen-bond donors (Lipinski definition) is 1. The highest BCUT2D eigenvalue weighted by atomic mass is 19.1. The normalized spacial score (nSPS) is 17.8. The van der Waals surface area contributed by atoms with Crippen LogP contribution in [0.1, 0.15) is 23.4 Å². The average molecular weight is 274 g/mol. The number of aliphatic carboxylic acids is 1. The Hall–Kier alpha value is -2.17. The lowest BCUT2D eigenvalue weighted by molar-refractivity contribution is -0.142. The predicted octanol–water partition coefficient (Wildman–Crippen LogP) is 2.51. The van der Waals surface area contributed by atoms with E-state index >= 15 is 0 Å². The summed E-state index contributed by atoms with van der Waals surface area (Å²) in [6.45, 7) is 1.89. The highest BCUT2D eigenvalue weighted by Crippen LogP contribution is 2.29. The summed E-state index contributed by atoms with van der Waals surface area (Å²) in [5.74, 6) is -1.35. The van der Waals surface area contributed by atoms with Crippen molar-refractivity contribution in [1.82, 2.24) is 9.78 Å². The number of fused-ring (bicyclic) bond motifs is 1. The van der Waals surface area contributed by atoms with Gasteiger partial charge in [0.25, 0.3) is 0 Å². The zero-order chi connectivity index (χ0) is 14.3. The van der Waals surface area contributed by atoms with Gasteiger partial charge in [0.1, 0.15) is 5.82 Å². The van der Waals surface area contributed by atoms with Crippen molar-refractivity contribution in [3.8, 4) is 5.69 Å². The van der Waals surface area contributed by atoms with Gasteiger partial charge in [0, 0.05) is 5.69 Å². The largest absolute Gasteiger partial charge is 0.481 e. The SMILES string of the molecule is Cc1nn(-c2ccc(F)cc2)c2c1CC(C(=O)O)CC2. The molecule has 0 spiro atoms. The van der Waals surface area contributed by atoms with E-state index in [0.717, 1.165) is 22.6 Å². The number of carbonyl (C=O) groups is 1. The molecule has 1 aromatic carbocycles. The standard InChI is InChI=1S/C15H15FN2O2/c1-9-13-8-10(15(19)20)2-7-14(13)18(17-9)12-5-3-11(16)4-6-12/h3-6,10H,2,7-8H2,1H3,(H,19,20). The predicted molar refractivity (Wildman–Crippen MR) is 71.4 cm³/mol. The highest BCUT2D eigenvalue weighted by Gasteiger charge is 2.29. The Kier molecular flexibility index (Phi) is 3.04. The summed E-state index contributed by atoms with van der Waals surface area (Å²) in [5.41, 5.74) is 3.74. The Morgan fingerprint density at radius 1 is 1.40 bits per heavy atom. The van der Waals surface area contributed by atoms with Gasteiger partial charge in [0.05, 0.1) is 17.3 Å². The van der Waals surface area contributed by atoms with E-state index in [1.807, 2.05) is 11.6 Å². The van der Waals surface area contributed by atoms with Crippen molar-refractivity contribution in [2.75, 3.05) is 0 Å². The first kappa shape index (κ1) is 12.8. The van der Waals surface area contributed by atoms with Gasteiger partial charge in [-0.3, -0.25) is 4.79 Å². The zero-order valence-electron chi connectivity index (χ0n) is 11.1. The zero-order valence-corrected chi connectivity index (χ0v) is 11.1. The molecule has 1 N–H and O–H groups in total. The molecule has 0 saturated carbocycles. The van der Waals surface area contributed by atoms with Gasteiger partial charge in [-0.15, -0.1) is 0 Å². The molecule has 0 bridgehead atoms. The second-order valence-corrected chi connectivity index (χ2v) is 5.18. The molecule has 1 heterocycles. The molecular weight excluding hydrogens is 259 g/mol. The molecule has 2 aromatic rings. The molecule has 1 atom stereocenters. The van der Waals surface area contributed by atoms with E-state index in [2.05, 4.69) is 5.10 Å². The number of carboxylic acids is 1. The van der Waals surface area contributed by atoms with Crippen molar-refractivity contribution in [2.24, 2.45) is 5.92 Å². The first-order chi connectivity index (χ1) is 9.56. The molecule has 1 aromatic heterocycles. The minimum Gasteiger partial charge on any atom is -0.481 e. The van der Waals surface area contributed by atoms with Gasteiger partial charge in [0.15, 0.2) is 0 Å². The molecule has 0 fully saturated rings. The van der Waals surface area contributed by atoms with Gasteiger partial charge < -0.3 is 5.11 Å². The molecule has 0 aliphatic heterocycles. The van der Waals surface area contributed by atoms with E-state index in [0.29, 0.717) is 19.3 Å². The van der Waals surface area contributed by atoms with Gasteiger partial charge in [-0.1, -0.05) is 0 Å². The van der Waals surface area contributed by atoms with Gasteiger partial charge in [0.2, 0.25) is 0 Å². The van der Waals surface area contributed by atoms with Gasteiger partial charge >= 0.3 is 5.97 Å². The van der Waals surface area contributed by atoms with Crippen LogP contribution in [0.2, 0.25) is 0 Å². The van der Waals surface area contributed by atoms with E-state index in [-0.39, 0.29) is 11.7 Å². The maximum absolute atomic E-state index is 13.0. The van der Waals surface area contributed by atoms with Gasteiger partial charge in [-0.05, 0) is 56.0 Å². The maximum atomic E-state index is 13.0. The number of nitrogens with zero attached hydrogens (tertiary/aromatic N) is 2. The van der Waals surface area contributed by atoms with Crippen molar-refractivity contribution in [3.63, 3.8) is 0 Å². The van der Waals surface area contributed by atoms with Crippen LogP contribution >= 0.6 is 0 Å². The molecule has 104 valence electrons. The molecule has 0 saturated heterocycles. The topological polar surface area (TPSA) is 55.1 Å². The third kappa shape index (κ3) is 2.09. The van der Waals surface area contributed by atoms with Crippen molar-refractivity contribution < 1.29 is 14.3 Å². The summed E-state index contributed by atoms with van der Waals surface area (Å²) in [7, 11) is 0. The molecule has 1 aliphatic carbocycles. The van der Waals surface area contributed by atoms with Gasteiger partial charge in [-0.25, -0.2) is 9.07 Å². The lowest BCUT2D eigenvalue weighted by Crippen LogP contribution is -2.23. The number of aromatic nitrogens is 2. The van der Waals surface area contributed by atoms with E-state index < -0.39 is 5.97 Å². The second kappa shape index (κ2) is 4.74. The van der Waals surface area contributed by atoms with Gasteiger partial charge in [-0.2, -0.15) is 5.10 Å². The fourth-order valence-corrected chi connectivity index (χ4v) is 2.80. The third-order valence-corrected chi connectivity index (χ3v) is 3.89. The summed E-state index contributed by atoms with van der Waals surface area (Å²) in [6.07, 6.45) is 1.83. The molecular formula is C15H15FN2O2. The second-order valence-electron chi connectivity index (χ2n) is 5.18. The summed E-state index contributed by atoms with van der Waals surface area (Å²) in [5, 5.41) is 13.6.